The maximum absolute atomic E-state index is 10.4. The van der Waals surface area contributed by atoms with Crippen LogP contribution in [0.3, 0.4) is 0 Å². The van der Waals surface area contributed by atoms with Crippen LogP contribution in [0, 0.1) is 0 Å². The van der Waals surface area contributed by atoms with Crippen LogP contribution in [0.5, 0.6) is 11.5 Å². The molecule has 0 aliphatic rings. The summed E-state index contributed by atoms with van der Waals surface area (Å²) in [6.07, 6.45) is 0. The number of phenolic OH excluding ortho intramolecular Hbond substituents is 2. The molecule has 0 aliphatic heterocycles. The first-order valence-corrected chi connectivity index (χ1v) is 7.55. The topological polar surface area (TPSA) is 40.5 Å². The Labute approximate surface area is 132 Å². The molecule has 3 aromatic rings. The fourth-order valence-corrected chi connectivity index (χ4v) is 3.24. The van der Waals surface area contributed by atoms with Crippen LogP contribution < -0.4 is 0 Å². The average molecular weight is 394 g/mol. The highest BCUT2D eigenvalue weighted by molar-refractivity contribution is 9.10. The van der Waals surface area contributed by atoms with Crippen LogP contribution >= 0.6 is 31.9 Å². The van der Waals surface area contributed by atoms with Crippen LogP contribution in [0.1, 0.15) is 0 Å². The molecule has 0 heterocycles. The first kappa shape index (κ1) is 13.5. The zero-order chi connectivity index (χ0) is 14.3. The van der Waals surface area contributed by atoms with Crippen LogP contribution in [0.4, 0.5) is 0 Å². The van der Waals surface area contributed by atoms with E-state index >= 15 is 0 Å². The molecule has 0 atom stereocenters. The number of aromatic hydroxyl groups is 2. The molecule has 0 aliphatic carbocycles. The van der Waals surface area contributed by atoms with Crippen LogP contribution in [-0.4, -0.2) is 10.2 Å². The van der Waals surface area contributed by atoms with Gasteiger partial charge < -0.3 is 10.2 Å². The number of hydrogen-bond donors (Lipinski definition) is 2. The standard InChI is InChI=1S/C16H10Br2O2/c17-11-5-10(6-12(19)8-11)15-13-4-2-1-3-9(13)7-14(18)16(15)20/h1-8,19-20H. The van der Waals surface area contributed by atoms with Crippen LogP contribution in [0.2, 0.25) is 0 Å². The molecule has 0 amide bonds. The van der Waals surface area contributed by atoms with Crippen molar-refractivity contribution in [3.63, 3.8) is 0 Å². The minimum absolute atomic E-state index is 0.151. The molecule has 3 aromatic carbocycles. The van der Waals surface area contributed by atoms with Crippen LogP contribution in [-0.2, 0) is 0 Å². The highest BCUT2D eigenvalue weighted by atomic mass is 79.9. The molecule has 4 heteroatoms. The van der Waals surface area contributed by atoms with E-state index in [0.29, 0.717) is 10.0 Å². The van der Waals surface area contributed by atoms with Crippen molar-refractivity contribution in [2.24, 2.45) is 0 Å². The van der Waals surface area contributed by atoms with E-state index in [1.165, 1.54) is 0 Å². The lowest BCUT2D eigenvalue weighted by molar-refractivity contribution is 0.473. The second-order valence-corrected chi connectivity index (χ2v) is 6.27. The molecule has 0 aromatic heterocycles. The van der Waals surface area contributed by atoms with E-state index in [0.717, 1.165) is 20.8 Å². The van der Waals surface area contributed by atoms with E-state index in [2.05, 4.69) is 31.9 Å². The molecule has 20 heavy (non-hydrogen) atoms. The molecule has 0 fully saturated rings. The van der Waals surface area contributed by atoms with Gasteiger partial charge in [0.25, 0.3) is 0 Å². The van der Waals surface area contributed by atoms with Gasteiger partial charge in [0.2, 0.25) is 0 Å². The smallest absolute Gasteiger partial charge is 0.138 e. The number of rotatable bonds is 1. The summed E-state index contributed by atoms with van der Waals surface area (Å²) in [4.78, 5) is 0. The third-order valence-corrected chi connectivity index (χ3v) is 4.21. The summed E-state index contributed by atoms with van der Waals surface area (Å²) >= 11 is 6.74. The van der Waals surface area contributed by atoms with E-state index < -0.39 is 0 Å². The highest BCUT2D eigenvalue weighted by Crippen LogP contribution is 2.43. The summed E-state index contributed by atoms with van der Waals surface area (Å²) < 4.78 is 1.39. The monoisotopic (exact) mass is 392 g/mol. The number of fused-ring (bicyclic) bond motifs is 1. The Morgan fingerprint density at radius 1 is 0.850 bits per heavy atom. The molecule has 0 radical (unpaired) electrons. The largest absolute Gasteiger partial charge is 0.508 e. The second kappa shape index (κ2) is 5.11. The second-order valence-electron chi connectivity index (χ2n) is 4.50. The first-order valence-electron chi connectivity index (χ1n) is 5.96. The maximum Gasteiger partial charge on any atom is 0.138 e. The molecule has 0 spiro atoms. The van der Waals surface area contributed by atoms with Crippen molar-refractivity contribution < 1.29 is 10.2 Å². The Morgan fingerprint density at radius 3 is 2.35 bits per heavy atom. The van der Waals surface area contributed by atoms with E-state index in [1.54, 1.807) is 12.1 Å². The van der Waals surface area contributed by atoms with Crippen molar-refractivity contribution in [1.82, 2.24) is 0 Å². The Hall–Kier alpha value is -1.52. The summed E-state index contributed by atoms with van der Waals surface area (Å²) in [7, 11) is 0. The zero-order valence-electron chi connectivity index (χ0n) is 10.3. The summed E-state index contributed by atoms with van der Waals surface area (Å²) in [5.41, 5.74) is 1.46. The molecule has 100 valence electrons. The van der Waals surface area contributed by atoms with Gasteiger partial charge >= 0.3 is 0 Å². The van der Waals surface area contributed by atoms with E-state index in [9.17, 15) is 10.2 Å². The maximum atomic E-state index is 10.4. The zero-order valence-corrected chi connectivity index (χ0v) is 13.4. The third-order valence-electron chi connectivity index (χ3n) is 3.15. The van der Waals surface area contributed by atoms with Gasteiger partial charge in [-0.1, -0.05) is 40.2 Å². The Kier molecular flexibility index (Phi) is 3.44. The lowest BCUT2D eigenvalue weighted by Gasteiger charge is -2.12. The summed E-state index contributed by atoms with van der Waals surface area (Å²) in [6.45, 7) is 0. The number of phenols is 2. The van der Waals surface area contributed by atoms with Gasteiger partial charge in [0.05, 0.1) is 4.47 Å². The van der Waals surface area contributed by atoms with Crippen molar-refractivity contribution in [2.45, 2.75) is 0 Å². The molecule has 2 N–H and O–H groups in total. The van der Waals surface area contributed by atoms with Crippen molar-refractivity contribution in [3.05, 3.63) is 57.5 Å². The van der Waals surface area contributed by atoms with Gasteiger partial charge in [-0.15, -0.1) is 0 Å². The van der Waals surface area contributed by atoms with Crippen LogP contribution in [0.25, 0.3) is 21.9 Å². The van der Waals surface area contributed by atoms with Crippen LogP contribution in [0.15, 0.2) is 57.5 Å². The highest BCUT2D eigenvalue weighted by Gasteiger charge is 2.14. The van der Waals surface area contributed by atoms with Crippen molar-refractivity contribution in [2.75, 3.05) is 0 Å². The summed E-state index contributed by atoms with van der Waals surface area (Å²) in [5.74, 6) is 0.319. The Bertz CT molecular complexity index is 793. The van der Waals surface area contributed by atoms with E-state index in [-0.39, 0.29) is 11.5 Å². The first-order chi connectivity index (χ1) is 9.56. The lowest BCUT2D eigenvalue weighted by Crippen LogP contribution is -1.85. The van der Waals surface area contributed by atoms with E-state index in [1.807, 2.05) is 36.4 Å². The van der Waals surface area contributed by atoms with Gasteiger partial charge in [0.15, 0.2) is 0 Å². The van der Waals surface area contributed by atoms with Gasteiger partial charge in [0, 0.05) is 10.0 Å². The predicted octanol–water partition coefficient (Wildman–Crippen LogP) is 5.44. The number of hydrogen-bond acceptors (Lipinski definition) is 2. The summed E-state index contributed by atoms with van der Waals surface area (Å²) in [5, 5.41) is 22.1. The van der Waals surface area contributed by atoms with Gasteiger partial charge in [-0.25, -0.2) is 0 Å². The molecule has 0 unspecified atom stereocenters. The minimum atomic E-state index is 0.151. The molecular weight excluding hydrogens is 384 g/mol. The molecule has 2 nitrogen and oxygen atoms in total. The van der Waals surface area contributed by atoms with Crippen molar-refractivity contribution >= 4 is 42.6 Å². The fraction of sp³-hybridized carbons (Fsp3) is 0. The summed E-state index contributed by atoms with van der Waals surface area (Å²) in [6, 6.07) is 14.8. The van der Waals surface area contributed by atoms with Gasteiger partial charge in [-0.2, -0.15) is 0 Å². The molecule has 0 bridgehead atoms. The predicted molar refractivity (Wildman–Crippen MR) is 88.1 cm³/mol. The quantitative estimate of drug-likeness (QED) is 0.577. The Morgan fingerprint density at radius 2 is 1.60 bits per heavy atom. The van der Waals surface area contributed by atoms with Gasteiger partial charge in [-0.3, -0.25) is 0 Å². The van der Waals surface area contributed by atoms with Crippen molar-refractivity contribution in [1.29, 1.82) is 0 Å². The molecule has 0 saturated carbocycles. The normalized spacial score (nSPS) is 10.9. The average Bonchev–Trinajstić information content (AvgIpc) is 2.39. The fourth-order valence-electron chi connectivity index (χ4n) is 2.31. The molecule has 3 rings (SSSR count). The SMILES string of the molecule is Oc1cc(Br)cc(-c2c(O)c(Br)cc3ccccc23)c1. The third kappa shape index (κ3) is 2.30. The van der Waals surface area contributed by atoms with Gasteiger partial charge in [0.1, 0.15) is 11.5 Å². The Balaban J connectivity index is 2.42. The lowest BCUT2D eigenvalue weighted by atomic mass is 9.97. The van der Waals surface area contributed by atoms with E-state index in [4.69, 9.17) is 0 Å². The molecular formula is C16H10Br2O2. The minimum Gasteiger partial charge on any atom is -0.508 e. The van der Waals surface area contributed by atoms with Gasteiger partial charge in [-0.05, 0) is 56.5 Å². The number of halogens is 2. The number of benzene rings is 3. The molecule has 0 saturated heterocycles. The van der Waals surface area contributed by atoms with Crippen molar-refractivity contribution in [3.8, 4) is 22.6 Å².